The quantitative estimate of drug-likeness (QED) is 0.474. The summed E-state index contributed by atoms with van der Waals surface area (Å²) in [6, 6.07) is -0.588. The summed E-state index contributed by atoms with van der Waals surface area (Å²) in [5.74, 6) is 0. The Bertz CT molecular complexity index is 812. The summed E-state index contributed by atoms with van der Waals surface area (Å²) in [5.41, 5.74) is 1.01. The Balaban J connectivity index is 1.96. The molecule has 0 aliphatic carbocycles. The summed E-state index contributed by atoms with van der Waals surface area (Å²) in [6.45, 7) is 3.17. The lowest BCUT2D eigenvalue weighted by Gasteiger charge is -2.22. The smallest absolute Gasteiger partial charge is 0.275 e. The van der Waals surface area contributed by atoms with E-state index in [2.05, 4.69) is 20.3 Å². The molecule has 0 radical (unpaired) electrons. The van der Waals surface area contributed by atoms with Gasteiger partial charge in [0.25, 0.3) is 5.56 Å². The van der Waals surface area contributed by atoms with E-state index in [1.807, 2.05) is 0 Å². The Morgan fingerprint density at radius 2 is 2.09 bits per heavy atom. The molecule has 4 atom stereocenters. The minimum atomic E-state index is -2.44. The minimum absolute atomic E-state index is 0.0179. The van der Waals surface area contributed by atoms with Crippen LogP contribution >= 0.6 is 7.14 Å². The number of aromatic nitrogens is 3. The molecule has 23 heavy (non-hydrogen) atoms. The van der Waals surface area contributed by atoms with Gasteiger partial charge in [0.05, 0.1) is 18.7 Å². The van der Waals surface area contributed by atoms with Crippen LogP contribution in [0, 0.1) is 0 Å². The predicted octanol–water partition coefficient (Wildman–Crippen LogP) is -0.460. The van der Waals surface area contributed by atoms with E-state index in [-0.39, 0.29) is 11.9 Å². The van der Waals surface area contributed by atoms with Gasteiger partial charge >= 0.3 is 0 Å². The van der Waals surface area contributed by atoms with Gasteiger partial charge in [-0.2, -0.15) is 0 Å². The van der Waals surface area contributed by atoms with E-state index >= 15 is 0 Å². The molecule has 126 valence electrons. The second-order valence-corrected chi connectivity index (χ2v) is 9.52. The van der Waals surface area contributed by atoms with Gasteiger partial charge in [-0.15, -0.1) is 0 Å². The van der Waals surface area contributed by atoms with Gasteiger partial charge in [0.1, 0.15) is 36.6 Å². The molecule has 3 rings (SSSR count). The number of nitrogens with zero attached hydrogens (tertiary/aromatic N) is 1. The van der Waals surface area contributed by atoms with Crippen molar-refractivity contribution < 1.29 is 19.5 Å². The van der Waals surface area contributed by atoms with Crippen molar-refractivity contribution >= 4 is 18.2 Å². The van der Waals surface area contributed by atoms with Crippen LogP contribution < -0.4 is 10.9 Å². The van der Waals surface area contributed by atoms with Gasteiger partial charge in [0, 0.05) is 11.8 Å². The van der Waals surface area contributed by atoms with Gasteiger partial charge in [-0.05, 0) is 13.3 Å². The van der Waals surface area contributed by atoms with Gasteiger partial charge in [0.2, 0.25) is 0 Å². The lowest BCUT2D eigenvalue weighted by atomic mass is 10.0. The maximum absolute atomic E-state index is 11.9. The van der Waals surface area contributed by atoms with Gasteiger partial charge in [-0.25, -0.2) is 4.98 Å². The van der Waals surface area contributed by atoms with Gasteiger partial charge in [-0.3, -0.25) is 10.1 Å². The zero-order chi connectivity index (χ0) is 16.8. The van der Waals surface area contributed by atoms with Crippen molar-refractivity contribution in [3.05, 3.63) is 28.4 Å². The molecule has 10 heteroatoms. The Labute approximate surface area is 131 Å². The molecule has 1 aliphatic heterocycles. The number of ether oxygens (including phenoxy) is 1. The van der Waals surface area contributed by atoms with Crippen molar-refractivity contribution in [2.75, 3.05) is 19.7 Å². The molecule has 0 bridgehead atoms. The molecule has 1 aliphatic rings. The van der Waals surface area contributed by atoms with Gasteiger partial charge in [-0.1, -0.05) is 0 Å². The topological polar surface area (TPSA) is 140 Å². The van der Waals surface area contributed by atoms with Crippen LogP contribution in [0.2, 0.25) is 0 Å². The van der Waals surface area contributed by atoms with Crippen molar-refractivity contribution in [3.8, 4) is 0 Å². The van der Waals surface area contributed by atoms with E-state index < -0.39 is 31.6 Å². The number of aliphatic hydroxyl groups is 2. The Morgan fingerprint density at radius 3 is 2.78 bits per heavy atom. The number of nitrogens with one attached hydrogen (secondary N) is 3. The van der Waals surface area contributed by atoms with Crippen molar-refractivity contribution in [1.82, 2.24) is 20.3 Å². The third kappa shape index (κ3) is 3.11. The van der Waals surface area contributed by atoms with E-state index in [0.29, 0.717) is 16.6 Å². The first-order valence-electron chi connectivity index (χ1n) is 7.10. The molecule has 2 aromatic heterocycles. The first-order valence-corrected chi connectivity index (χ1v) is 9.89. The standard InChI is InChI=1S/C13H19N4O5P/c1-23(2,21)5-22-11-8(17-13(20)10(11)18)6-3-14-9-7(6)15-4-16-12(9)19/h3-4,8,10-11,13-14,17-18,20H,5H2,1-2H3,(H,15,16,19)/t8-,10-,11-,13+/m0/s1. The van der Waals surface area contributed by atoms with E-state index in [1.54, 1.807) is 19.5 Å². The highest BCUT2D eigenvalue weighted by atomic mass is 31.2. The third-order valence-corrected chi connectivity index (χ3v) is 4.52. The van der Waals surface area contributed by atoms with Crippen LogP contribution in [0.4, 0.5) is 0 Å². The molecule has 1 fully saturated rings. The van der Waals surface area contributed by atoms with Crippen LogP contribution in [0.5, 0.6) is 0 Å². The minimum Gasteiger partial charge on any atom is -0.386 e. The summed E-state index contributed by atoms with van der Waals surface area (Å²) in [4.78, 5) is 21.2. The van der Waals surface area contributed by atoms with Crippen molar-refractivity contribution in [2.24, 2.45) is 0 Å². The highest BCUT2D eigenvalue weighted by Crippen LogP contribution is 2.39. The van der Waals surface area contributed by atoms with Crippen LogP contribution in [0.1, 0.15) is 11.6 Å². The largest absolute Gasteiger partial charge is 0.386 e. The number of H-pyrrole nitrogens is 2. The SMILES string of the molecule is CP(C)(=O)CO[C@@H]1[C@H](O)[C@@H](O)N[C@H]1c1c[nH]c2c(=O)[nH]cnc12. The molecule has 2 aromatic rings. The highest BCUT2D eigenvalue weighted by molar-refractivity contribution is 7.62. The molecule has 0 unspecified atom stereocenters. The summed E-state index contributed by atoms with van der Waals surface area (Å²) >= 11 is 0. The molecule has 5 N–H and O–H groups in total. The van der Waals surface area contributed by atoms with Gasteiger partial charge < -0.3 is 29.5 Å². The van der Waals surface area contributed by atoms with Crippen LogP contribution in [0.25, 0.3) is 11.0 Å². The van der Waals surface area contributed by atoms with E-state index in [0.717, 1.165) is 0 Å². The van der Waals surface area contributed by atoms with Crippen molar-refractivity contribution in [2.45, 2.75) is 24.5 Å². The number of fused-ring (bicyclic) bond motifs is 1. The highest BCUT2D eigenvalue weighted by Gasteiger charge is 2.44. The van der Waals surface area contributed by atoms with Crippen LogP contribution in [-0.2, 0) is 9.30 Å². The molecule has 0 aromatic carbocycles. The van der Waals surface area contributed by atoms with E-state index in [1.165, 1.54) is 6.33 Å². The fraction of sp³-hybridized carbons (Fsp3) is 0.538. The molecule has 1 saturated heterocycles. The molecule has 0 amide bonds. The van der Waals surface area contributed by atoms with Crippen LogP contribution in [0.3, 0.4) is 0 Å². The number of aromatic amines is 2. The number of aliphatic hydroxyl groups excluding tert-OH is 2. The molecule has 0 saturated carbocycles. The number of hydrogen-bond acceptors (Lipinski definition) is 7. The average molecular weight is 342 g/mol. The summed E-state index contributed by atoms with van der Waals surface area (Å²) in [6.07, 6.45) is -0.327. The zero-order valence-electron chi connectivity index (χ0n) is 12.7. The Hall–Kier alpha value is -1.51. The zero-order valence-corrected chi connectivity index (χ0v) is 13.6. The molecular formula is C13H19N4O5P. The molecular weight excluding hydrogens is 323 g/mol. The lowest BCUT2D eigenvalue weighted by molar-refractivity contribution is -0.0472. The number of rotatable bonds is 4. The lowest BCUT2D eigenvalue weighted by Crippen LogP contribution is -2.33. The summed E-state index contributed by atoms with van der Waals surface area (Å²) in [7, 11) is -2.44. The maximum atomic E-state index is 11.9. The third-order valence-electron chi connectivity index (χ3n) is 3.75. The molecule has 0 spiro atoms. The Morgan fingerprint density at radius 1 is 1.35 bits per heavy atom. The Kier molecular flexibility index (Phi) is 4.16. The monoisotopic (exact) mass is 342 g/mol. The fourth-order valence-electron chi connectivity index (χ4n) is 2.69. The van der Waals surface area contributed by atoms with Crippen LogP contribution in [-0.4, -0.2) is 63.3 Å². The van der Waals surface area contributed by atoms with Gasteiger partial charge in [0.15, 0.2) is 0 Å². The molecule has 9 nitrogen and oxygen atoms in total. The normalized spacial score (nSPS) is 28.5. The molecule has 3 heterocycles. The first kappa shape index (κ1) is 16.4. The van der Waals surface area contributed by atoms with Crippen LogP contribution in [0.15, 0.2) is 17.3 Å². The second kappa shape index (κ2) is 5.85. The van der Waals surface area contributed by atoms with Crippen molar-refractivity contribution in [3.63, 3.8) is 0 Å². The second-order valence-electron chi connectivity index (χ2n) is 6.11. The fourth-order valence-corrected chi connectivity index (χ4v) is 3.22. The van der Waals surface area contributed by atoms with E-state index in [4.69, 9.17) is 4.74 Å². The summed E-state index contributed by atoms with van der Waals surface area (Å²) < 4.78 is 17.5. The van der Waals surface area contributed by atoms with E-state index in [9.17, 15) is 19.6 Å². The predicted molar refractivity (Wildman–Crippen MR) is 83.8 cm³/mol. The maximum Gasteiger partial charge on any atom is 0.275 e. The summed E-state index contributed by atoms with van der Waals surface area (Å²) in [5, 5.41) is 22.8. The average Bonchev–Trinajstić information content (AvgIpc) is 3.00. The van der Waals surface area contributed by atoms with Crippen molar-refractivity contribution in [1.29, 1.82) is 0 Å². The number of hydrogen-bond donors (Lipinski definition) is 5. The first-order chi connectivity index (χ1) is 10.8.